The Morgan fingerprint density at radius 2 is 2.23 bits per heavy atom. The second-order valence-electron chi connectivity index (χ2n) is 2.31. The van der Waals surface area contributed by atoms with E-state index in [1.807, 2.05) is 0 Å². The van der Waals surface area contributed by atoms with Crippen molar-refractivity contribution < 1.29 is 4.79 Å². The smallest absolute Gasteiger partial charge is 0.266 e. The molecule has 0 fully saturated rings. The Hall–Kier alpha value is -1.37. The van der Waals surface area contributed by atoms with Crippen LogP contribution in [0.25, 0.3) is 0 Å². The molecule has 0 heterocycles. The summed E-state index contributed by atoms with van der Waals surface area (Å²) in [6, 6.07) is 6.79. The number of halogens is 1. The summed E-state index contributed by atoms with van der Waals surface area (Å²) in [5.41, 5.74) is 0.401. The van der Waals surface area contributed by atoms with Gasteiger partial charge in [0.2, 0.25) is 0 Å². The number of rotatable bonds is 1. The van der Waals surface area contributed by atoms with Crippen molar-refractivity contribution in [2.75, 3.05) is 0 Å². The van der Waals surface area contributed by atoms with Crippen LogP contribution < -0.4 is 0 Å². The van der Waals surface area contributed by atoms with Gasteiger partial charge >= 0.3 is 0 Å². The molecule has 0 unspecified atom stereocenters. The van der Waals surface area contributed by atoms with Gasteiger partial charge in [0.15, 0.2) is 0 Å². The first-order chi connectivity index (χ1) is 6.25. The number of nitrogens with zero attached hydrogens (tertiary/aromatic N) is 1. The highest BCUT2D eigenvalue weighted by molar-refractivity contribution is 6.34. The number of allylic oxidation sites excluding steroid dienone is 1. The van der Waals surface area contributed by atoms with Crippen LogP contribution in [0.1, 0.15) is 17.3 Å². The van der Waals surface area contributed by atoms with Gasteiger partial charge in [0, 0.05) is 0 Å². The molecule has 3 heteroatoms. The van der Waals surface area contributed by atoms with E-state index < -0.39 is 0 Å². The number of hydrogen-bond donors (Lipinski definition) is 0. The number of aliphatic imine (C=N–C) groups is 1. The Morgan fingerprint density at radius 1 is 1.54 bits per heavy atom. The van der Waals surface area contributed by atoms with Crippen LogP contribution in [0.4, 0.5) is 0 Å². The minimum atomic E-state index is -0.372. The molecule has 0 aromatic heterocycles. The molecule has 1 aromatic carbocycles. The first-order valence-electron chi connectivity index (χ1n) is 3.78. The van der Waals surface area contributed by atoms with Crippen LogP contribution in [0.5, 0.6) is 0 Å². The minimum absolute atomic E-state index is 0.372. The van der Waals surface area contributed by atoms with Gasteiger partial charge in [-0.15, -0.1) is 0 Å². The lowest BCUT2D eigenvalue weighted by atomic mass is 10.2. The third kappa shape index (κ3) is 2.55. The van der Waals surface area contributed by atoms with Crippen molar-refractivity contribution in [1.82, 2.24) is 0 Å². The average Bonchev–Trinajstić information content (AvgIpc) is 2.15. The highest BCUT2D eigenvalue weighted by atomic mass is 35.5. The van der Waals surface area contributed by atoms with E-state index >= 15 is 0 Å². The van der Waals surface area contributed by atoms with E-state index in [1.54, 1.807) is 37.3 Å². The Labute approximate surface area is 81.6 Å². The average molecular weight is 194 g/mol. The summed E-state index contributed by atoms with van der Waals surface area (Å²) < 4.78 is 0. The molecule has 0 radical (unpaired) electrons. The van der Waals surface area contributed by atoms with E-state index in [2.05, 4.69) is 10.9 Å². The van der Waals surface area contributed by atoms with Crippen LogP contribution in [-0.4, -0.2) is 11.8 Å². The normalized spacial score (nSPS) is 8.77. The van der Waals surface area contributed by atoms with Crippen LogP contribution in [0.3, 0.4) is 0 Å². The number of benzene rings is 1. The summed E-state index contributed by atoms with van der Waals surface area (Å²) in [5.74, 6) is 2.09. The largest absolute Gasteiger partial charge is 0.286 e. The van der Waals surface area contributed by atoms with Crippen molar-refractivity contribution >= 4 is 23.4 Å². The van der Waals surface area contributed by atoms with Crippen molar-refractivity contribution in [1.29, 1.82) is 0 Å². The SMILES string of the molecule is CC=C=NC(=O)c1ccccc1Cl. The van der Waals surface area contributed by atoms with Crippen LogP contribution in [0.15, 0.2) is 35.3 Å². The lowest BCUT2D eigenvalue weighted by Gasteiger charge is -1.95. The predicted octanol–water partition coefficient (Wildman–Crippen LogP) is 2.73. The van der Waals surface area contributed by atoms with Crippen LogP contribution in [-0.2, 0) is 0 Å². The molecule has 1 rings (SSSR count). The van der Waals surface area contributed by atoms with Gasteiger partial charge in [-0.05, 0) is 31.0 Å². The third-order valence-electron chi connectivity index (χ3n) is 1.40. The zero-order chi connectivity index (χ0) is 9.68. The van der Waals surface area contributed by atoms with Crippen LogP contribution in [0.2, 0.25) is 5.02 Å². The van der Waals surface area contributed by atoms with Crippen molar-refractivity contribution in [3.8, 4) is 0 Å². The molecule has 0 saturated carbocycles. The van der Waals surface area contributed by atoms with E-state index in [1.165, 1.54) is 0 Å². The maximum Gasteiger partial charge on any atom is 0.286 e. The lowest BCUT2D eigenvalue weighted by molar-refractivity contribution is 0.100. The fraction of sp³-hybridized carbons (Fsp3) is 0.100. The molecule has 1 amide bonds. The van der Waals surface area contributed by atoms with Gasteiger partial charge in [-0.25, -0.2) is 0 Å². The Kier molecular flexibility index (Phi) is 3.44. The molecule has 0 aliphatic heterocycles. The first kappa shape index (κ1) is 9.72. The van der Waals surface area contributed by atoms with E-state index in [0.717, 1.165) is 0 Å². The number of amides is 1. The van der Waals surface area contributed by atoms with Gasteiger partial charge in [-0.3, -0.25) is 4.79 Å². The van der Waals surface area contributed by atoms with Crippen LogP contribution in [0, 0.1) is 0 Å². The lowest BCUT2D eigenvalue weighted by Crippen LogP contribution is -1.94. The van der Waals surface area contributed by atoms with Gasteiger partial charge in [0.1, 0.15) is 0 Å². The molecule has 13 heavy (non-hydrogen) atoms. The Balaban J connectivity index is 3.02. The van der Waals surface area contributed by atoms with Crippen molar-refractivity contribution in [2.24, 2.45) is 4.99 Å². The molecule has 1 aromatic rings. The topological polar surface area (TPSA) is 29.4 Å². The van der Waals surface area contributed by atoms with E-state index in [9.17, 15) is 4.79 Å². The molecule has 0 spiro atoms. The molecule has 2 nitrogen and oxygen atoms in total. The fourth-order valence-electron chi connectivity index (χ4n) is 0.818. The second kappa shape index (κ2) is 4.61. The number of carbonyl (C=O) groups is 1. The first-order valence-corrected chi connectivity index (χ1v) is 4.16. The van der Waals surface area contributed by atoms with E-state index in [-0.39, 0.29) is 5.91 Å². The van der Waals surface area contributed by atoms with Crippen molar-refractivity contribution in [3.05, 3.63) is 40.9 Å². The third-order valence-corrected chi connectivity index (χ3v) is 1.73. The summed E-state index contributed by atoms with van der Waals surface area (Å²) in [6.45, 7) is 1.74. The van der Waals surface area contributed by atoms with Gasteiger partial charge < -0.3 is 0 Å². The maximum absolute atomic E-state index is 11.3. The quantitative estimate of drug-likeness (QED) is 0.631. The molecule has 0 atom stereocenters. The fourth-order valence-corrected chi connectivity index (χ4v) is 1.03. The number of hydrogen-bond acceptors (Lipinski definition) is 1. The summed E-state index contributed by atoms with van der Waals surface area (Å²) in [4.78, 5) is 14.8. The highest BCUT2D eigenvalue weighted by Crippen LogP contribution is 2.15. The van der Waals surface area contributed by atoms with Crippen molar-refractivity contribution in [3.63, 3.8) is 0 Å². The molecular formula is C10H8ClNO. The Bertz CT molecular complexity index is 378. The summed E-state index contributed by atoms with van der Waals surface area (Å²) >= 11 is 5.78. The van der Waals surface area contributed by atoms with Gasteiger partial charge in [-0.1, -0.05) is 23.7 Å². The zero-order valence-corrected chi connectivity index (χ0v) is 7.88. The molecule has 0 N–H and O–H groups in total. The molecule has 0 aliphatic carbocycles. The van der Waals surface area contributed by atoms with Crippen molar-refractivity contribution in [2.45, 2.75) is 6.92 Å². The van der Waals surface area contributed by atoms with Crippen LogP contribution >= 0.6 is 11.6 Å². The monoisotopic (exact) mass is 193 g/mol. The highest BCUT2D eigenvalue weighted by Gasteiger charge is 2.06. The van der Waals surface area contributed by atoms with E-state index in [4.69, 9.17) is 11.6 Å². The molecule has 0 aliphatic rings. The molecule has 0 bridgehead atoms. The van der Waals surface area contributed by atoms with Gasteiger partial charge in [0.05, 0.1) is 10.6 Å². The molecular weight excluding hydrogens is 186 g/mol. The zero-order valence-electron chi connectivity index (χ0n) is 7.12. The Morgan fingerprint density at radius 3 is 2.85 bits per heavy atom. The number of carbonyl (C=O) groups excluding carboxylic acids is 1. The maximum atomic E-state index is 11.3. The van der Waals surface area contributed by atoms with Gasteiger partial charge in [-0.2, -0.15) is 4.99 Å². The standard InChI is InChI=1S/C10H8ClNO/c1-2-7-12-10(13)8-5-3-4-6-9(8)11/h2-6H,1H3. The van der Waals surface area contributed by atoms with E-state index in [0.29, 0.717) is 10.6 Å². The predicted molar refractivity (Wildman–Crippen MR) is 53.5 cm³/mol. The van der Waals surface area contributed by atoms with Gasteiger partial charge in [0.25, 0.3) is 5.91 Å². The molecule has 66 valence electrons. The summed E-state index contributed by atoms with van der Waals surface area (Å²) in [5, 5.41) is 0.411. The minimum Gasteiger partial charge on any atom is -0.266 e. The summed E-state index contributed by atoms with van der Waals surface area (Å²) in [6.07, 6.45) is 1.56. The second-order valence-corrected chi connectivity index (χ2v) is 2.72. The summed E-state index contributed by atoms with van der Waals surface area (Å²) in [7, 11) is 0. The molecule has 0 saturated heterocycles.